The number of nitrogens with one attached hydrogen (secondary N) is 1. The van der Waals surface area contributed by atoms with Crippen LogP contribution >= 0.6 is 0 Å². The van der Waals surface area contributed by atoms with Gasteiger partial charge in [0.05, 0.1) is 27.4 Å². The Balaban J connectivity index is 1.76. The molecule has 1 unspecified atom stereocenters. The van der Waals surface area contributed by atoms with Gasteiger partial charge in [-0.15, -0.1) is 0 Å². The van der Waals surface area contributed by atoms with E-state index in [0.29, 0.717) is 36.8 Å². The van der Waals surface area contributed by atoms with Gasteiger partial charge in [0.2, 0.25) is 0 Å². The first-order valence-electron chi connectivity index (χ1n) is 9.30. The fourth-order valence-electron chi connectivity index (χ4n) is 3.43. The van der Waals surface area contributed by atoms with Crippen LogP contribution in [0.15, 0.2) is 36.4 Å². The van der Waals surface area contributed by atoms with Crippen molar-refractivity contribution < 1.29 is 23.0 Å². The number of rotatable bonds is 8. The predicted octanol–water partition coefficient (Wildman–Crippen LogP) is 3.15. The molecule has 1 fully saturated rings. The van der Waals surface area contributed by atoms with Crippen molar-refractivity contribution in [2.75, 3.05) is 47.1 Å². The molecule has 5 nitrogen and oxygen atoms in total. The van der Waals surface area contributed by atoms with Crippen LogP contribution in [-0.2, 0) is 11.3 Å². The average molecular weight is 392 g/mol. The van der Waals surface area contributed by atoms with Gasteiger partial charge >= 0.3 is 0 Å². The summed E-state index contributed by atoms with van der Waals surface area (Å²) in [6, 6.07) is 9.39. The Morgan fingerprint density at radius 1 is 1.04 bits per heavy atom. The normalized spacial score (nSPS) is 16.0. The second-order valence-corrected chi connectivity index (χ2v) is 6.65. The van der Waals surface area contributed by atoms with Crippen LogP contribution in [0.5, 0.6) is 11.5 Å². The monoisotopic (exact) mass is 392 g/mol. The highest BCUT2D eigenvalue weighted by Crippen LogP contribution is 2.32. The topological polar surface area (TPSA) is 43.0 Å². The molecule has 0 aromatic heterocycles. The largest absolute Gasteiger partial charge is 0.493 e. The Morgan fingerprint density at radius 3 is 2.50 bits per heavy atom. The minimum Gasteiger partial charge on any atom is -0.493 e. The van der Waals surface area contributed by atoms with Crippen molar-refractivity contribution >= 4 is 0 Å². The van der Waals surface area contributed by atoms with Gasteiger partial charge in [-0.2, -0.15) is 0 Å². The molecular formula is C21H26F2N2O3. The lowest BCUT2D eigenvalue weighted by molar-refractivity contribution is 0.0160. The van der Waals surface area contributed by atoms with E-state index in [1.165, 1.54) is 6.07 Å². The summed E-state index contributed by atoms with van der Waals surface area (Å²) in [6.45, 7) is 3.76. The van der Waals surface area contributed by atoms with Gasteiger partial charge in [-0.3, -0.25) is 4.90 Å². The van der Waals surface area contributed by atoms with Crippen LogP contribution < -0.4 is 14.8 Å². The third kappa shape index (κ3) is 4.98. The van der Waals surface area contributed by atoms with Gasteiger partial charge in [-0.25, -0.2) is 8.78 Å². The molecule has 1 N–H and O–H groups in total. The van der Waals surface area contributed by atoms with Crippen molar-refractivity contribution in [2.45, 2.75) is 12.6 Å². The molecule has 28 heavy (non-hydrogen) atoms. The second kappa shape index (κ2) is 9.82. The van der Waals surface area contributed by atoms with Crippen LogP contribution in [0.3, 0.4) is 0 Å². The number of hydrogen-bond acceptors (Lipinski definition) is 5. The Bertz CT molecular complexity index is 782. The van der Waals surface area contributed by atoms with Gasteiger partial charge in [0.25, 0.3) is 0 Å². The molecule has 0 saturated carbocycles. The number of methoxy groups -OCH3 is 2. The molecule has 3 rings (SSSR count). The lowest BCUT2D eigenvalue weighted by Crippen LogP contribution is -2.42. The standard InChI is InChI=1S/C21H26F2N2O3/c1-26-20-6-3-15(12-21(20)27-2)19(25-7-9-28-10-8-25)14-24-13-16-11-17(22)4-5-18(16)23/h3-6,11-12,19,24H,7-10,13-14H2,1-2H3. The molecule has 0 amide bonds. The van der Waals surface area contributed by atoms with Crippen LogP contribution in [0.25, 0.3) is 0 Å². The quantitative estimate of drug-likeness (QED) is 0.748. The van der Waals surface area contributed by atoms with Gasteiger partial charge in [0, 0.05) is 37.8 Å². The van der Waals surface area contributed by atoms with Crippen molar-refractivity contribution in [3.63, 3.8) is 0 Å². The Hall–Kier alpha value is -2.22. The van der Waals surface area contributed by atoms with Crippen LogP contribution in [0.2, 0.25) is 0 Å². The molecule has 2 aromatic carbocycles. The van der Waals surface area contributed by atoms with E-state index in [1.807, 2.05) is 18.2 Å². The summed E-state index contributed by atoms with van der Waals surface area (Å²) >= 11 is 0. The third-order valence-electron chi connectivity index (χ3n) is 4.94. The predicted molar refractivity (Wildman–Crippen MR) is 103 cm³/mol. The molecule has 1 heterocycles. The van der Waals surface area contributed by atoms with E-state index in [1.54, 1.807) is 14.2 Å². The highest BCUT2D eigenvalue weighted by Gasteiger charge is 2.23. The molecular weight excluding hydrogens is 366 g/mol. The SMILES string of the molecule is COc1ccc(C(CNCc2cc(F)ccc2F)N2CCOCC2)cc1OC. The molecule has 1 aliphatic rings. The van der Waals surface area contributed by atoms with E-state index in [2.05, 4.69) is 10.2 Å². The zero-order valence-electron chi connectivity index (χ0n) is 16.2. The third-order valence-corrected chi connectivity index (χ3v) is 4.94. The Kier molecular flexibility index (Phi) is 7.19. The lowest BCUT2D eigenvalue weighted by atomic mass is 10.0. The van der Waals surface area contributed by atoms with E-state index in [9.17, 15) is 8.78 Å². The summed E-state index contributed by atoms with van der Waals surface area (Å²) in [6.07, 6.45) is 0. The molecule has 152 valence electrons. The van der Waals surface area contributed by atoms with Crippen molar-refractivity contribution in [2.24, 2.45) is 0 Å². The number of morpholine rings is 1. The highest BCUT2D eigenvalue weighted by molar-refractivity contribution is 5.44. The van der Waals surface area contributed by atoms with Crippen molar-refractivity contribution in [3.05, 3.63) is 59.2 Å². The molecule has 1 saturated heterocycles. The first kappa shape index (κ1) is 20.5. The number of benzene rings is 2. The number of hydrogen-bond donors (Lipinski definition) is 1. The fraction of sp³-hybridized carbons (Fsp3) is 0.429. The summed E-state index contributed by atoms with van der Waals surface area (Å²) in [5.41, 5.74) is 1.37. The number of halogens is 2. The molecule has 2 aromatic rings. The van der Waals surface area contributed by atoms with Crippen molar-refractivity contribution in [1.82, 2.24) is 10.2 Å². The molecule has 0 bridgehead atoms. The first-order chi connectivity index (χ1) is 13.6. The average Bonchev–Trinajstić information content (AvgIpc) is 2.73. The maximum Gasteiger partial charge on any atom is 0.161 e. The molecule has 0 spiro atoms. The molecule has 0 aliphatic carbocycles. The van der Waals surface area contributed by atoms with Gasteiger partial charge in [0.1, 0.15) is 11.6 Å². The summed E-state index contributed by atoms with van der Waals surface area (Å²) in [5.74, 6) is 0.474. The van der Waals surface area contributed by atoms with Gasteiger partial charge in [-0.1, -0.05) is 6.07 Å². The van der Waals surface area contributed by atoms with Crippen molar-refractivity contribution in [1.29, 1.82) is 0 Å². The summed E-state index contributed by atoms with van der Waals surface area (Å²) < 4.78 is 43.5. The zero-order valence-corrected chi connectivity index (χ0v) is 16.2. The summed E-state index contributed by atoms with van der Waals surface area (Å²) in [7, 11) is 3.21. The van der Waals surface area contributed by atoms with Gasteiger partial charge in [0.15, 0.2) is 11.5 Å². The second-order valence-electron chi connectivity index (χ2n) is 6.65. The highest BCUT2D eigenvalue weighted by atomic mass is 19.1. The van der Waals surface area contributed by atoms with Crippen LogP contribution in [0, 0.1) is 11.6 Å². The summed E-state index contributed by atoms with van der Waals surface area (Å²) in [5, 5.41) is 3.27. The first-order valence-corrected chi connectivity index (χ1v) is 9.30. The van der Waals surface area contributed by atoms with Gasteiger partial charge in [-0.05, 0) is 35.9 Å². The maximum absolute atomic E-state index is 13.9. The van der Waals surface area contributed by atoms with Crippen LogP contribution in [0.4, 0.5) is 8.78 Å². The molecule has 7 heteroatoms. The Labute approximate surface area is 164 Å². The van der Waals surface area contributed by atoms with Crippen LogP contribution in [-0.4, -0.2) is 52.0 Å². The zero-order chi connectivity index (χ0) is 19.9. The van der Waals surface area contributed by atoms with Crippen molar-refractivity contribution in [3.8, 4) is 11.5 Å². The van der Waals surface area contributed by atoms with E-state index in [-0.39, 0.29) is 12.6 Å². The minimum absolute atomic E-state index is 0.0420. The molecule has 1 atom stereocenters. The maximum atomic E-state index is 13.9. The van der Waals surface area contributed by atoms with Crippen LogP contribution in [0.1, 0.15) is 17.2 Å². The summed E-state index contributed by atoms with van der Waals surface area (Å²) in [4.78, 5) is 2.32. The van der Waals surface area contributed by atoms with E-state index in [0.717, 1.165) is 30.8 Å². The lowest BCUT2D eigenvalue weighted by Gasteiger charge is -2.35. The van der Waals surface area contributed by atoms with Gasteiger partial charge < -0.3 is 19.5 Å². The van der Waals surface area contributed by atoms with E-state index < -0.39 is 11.6 Å². The van der Waals surface area contributed by atoms with E-state index >= 15 is 0 Å². The van der Waals surface area contributed by atoms with E-state index in [4.69, 9.17) is 14.2 Å². The minimum atomic E-state index is -0.442. The molecule has 1 aliphatic heterocycles. The fourth-order valence-corrected chi connectivity index (χ4v) is 3.43. The number of ether oxygens (including phenoxy) is 3. The molecule has 0 radical (unpaired) electrons. The smallest absolute Gasteiger partial charge is 0.161 e. The number of nitrogens with zero attached hydrogens (tertiary/aromatic N) is 1. The Morgan fingerprint density at radius 2 is 1.79 bits per heavy atom.